The van der Waals surface area contributed by atoms with Gasteiger partial charge in [0, 0.05) is 6.07 Å². The molecule has 1 aromatic carbocycles. The summed E-state index contributed by atoms with van der Waals surface area (Å²) in [5.74, 6) is -1.49. The predicted octanol–water partition coefficient (Wildman–Crippen LogP) is 3.01. The molecule has 0 fully saturated rings. The third kappa shape index (κ3) is 2.65. The van der Waals surface area contributed by atoms with Crippen LogP contribution in [0.25, 0.3) is 0 Å². The summed E-state index contributed by atoms with van der Waals surface area (Å²) in [5, 5.41) is 0. The number of aryl methyl sites for hydroxylation is 1. The predicted molar refractivity (Wildman–Crippen MR) is 47.2 cm³/mol. The van der Waals surface area contributed by atoms with Gasteiger partial charge < -0.3 is 4.74 Å². The van der Waals surface area contributed by atoms with Crippen LogP contribution < -0.4 is 4.74 Å². The van der Waals surface area contributed by atoms with Gasteiger partial charge in [-0.2, -0.15) is 0 Å². The van der Waals surface area contributed by atoms with Crippen LogP contribution in [0.15, 0.2) is 12.1 Å². The van der Waals surface area contributed by atoms with Crippen LogP contribution in [-0.2, 0) is 0 Å². The number of hydrogen-bond acceptors (Lipinski definition) is 1. The maximum absolute atomic E-state index is 13.1. The molecule has 14 heavy (non-hydrogen) atoms. The number of hydrogen-bond donors (Lipinski definition) is 0. The van der Waals surface area contributed by atoms with Crippen molar-refractivity contribution < 1.29 is 17.9 Å². The number of alkyl halides is 1. The fourth-order valence-corrected chi connectivity index (χ4v) is 0.943. The third-order valence-electron chi connectivity index (χ3n) is 1.68. The SMILES string of the molecule is Cc1cc(F)c(OCC(C)F)cc1F. The van der Waals surface area contributed by atoms with Crippen LogP contribution in [0, 0.1) is 18.6 Å². The van der Waals surface area contributed by atoms with Gasteiger partial charge in [-0.15, -0.1) is 0 Å². The van der Waals surface area contributed by atoms with Crippen molar-refractivity contribution in [1.82, 2.24) is 0 Å². The standard InChI is InChI=1S/C10H11F3O/c1-6-3-9(13)10(4-8(6)12)14-5-7(2)11/h3-4,7H,5H2,1-2H3. The van der Waals surface area contributed by atoms with Crippen LogP contribution in [0.4, 0.5) is 13.2 Å². The molecule has 0 N–H and O–H groups in total. The molecule has 0 amide bonds. The van der Waals surface area contributed by atoms with E-state index in [9.17, 15) is 13.2 Å². The van der Waals surface area contributed by atoms with E-state index < -0.39 is 17.8 Å². The van der Waals surface area contributed by atoms with Crippen molar-refractivity contribution in [3.63, 3.8) is 0 Å². The maximum atomic E-state index is 13.1. The molecule has 4 heteroatoms. The van der Waals surface area contributed by atoms with Crippen LogP contribution >= 0.6 is 0 Å². The van der Waals surface area contributed by atoms with E-state index in [1.807, 2.05) is 0 Å². The number of ether oxygens (including phenoxy) is 1. The average molecular weight is 204 g/mol. The van der Waals surface area contributed by atoms with Gasteiger partial charge in [-0.05, 0) is 25.5 Å². The normalized spacial score (nSPS) is 12.6. The summed E-state index contributed by atoms with van der Waals surface area (Å²) >= 11 is 0. The first-order valence-electron chi connectivity index (χ1n) is 4.23. The van der Waals surface area contributed by atoms with E-state index >= 15 is 0 Å². The summed E-state index contributed by atoms with van der Waals surface area (Å²) in [6, 6.07) is 1.95. The Bertz CT molecular complexity index is 323. The molecule has 1 unspecified atom stereocenters. The second kappa shape index (κ2) is 4.35. The van der Waals surface area contributed by atoms with E-state index in [0.717, 1.165) is 12.1 Å². The largest absolute Gasteiger partial charge is 0.487 e. The van der Waals surface area contributed by atoms with Crippen LogP contribution in [0.3, 0.4) is 0 Å². The van der Waals surface area contributed by atoms with Crippen molar-refractivity contribution in [1.29, 1.82) is 0 Å². The molecular weight excluding hydrogens is 193 g/mol. The van der Waals surface area contributed by atoms with Gasteiger partial charge in [0.2, 0.25) is 0 Å². The molecule has 1 nitrogen and oxygen atoms in total. The number of rotatable bonds is 3. The smallest absolute Gasteiger partial charge is 0.165 e. The minimum absolute atomic E-state index is 0.197. The Hall–Kier alpha value is -1.19. The second-order valence-corrected chi connectivity index (χ2v) is 3.12. The highest BCUT2D eigenvalue weighted by Gasteiger charge is 2.09. The van der Waals surface area contributed by atoms with Crippen molar-refractivity contribution in [2.45, 2.75) is 20.0 Å². The lowest BCUT2D eigenvalue weighted by Crippen LogP contribution is -2.09. The molecule has 0 aliphatic rings. The van der Waals surface area contributed by atoms with Crippen molar-refractivity contribution in [3.8, 4) is 5.75 Å². The first-order valence-corrected chi connectivity index (χ1v) is 4.23. The molecule has 0 aliphatic carbocycles. The van der Waals surface area contributed by atoms with Crippen molar-refractivity contribution in [3.05, 3.63) is 29.3 Å². The van der Waals surface area contributed by atoms with Gasteiger partial charge in [0.05, 0.1) is 0 Å². The molecule has 0 aromatic heterocycles. The topological polar surface area (TPSA) is 9.23 Å². The molecular formula is C10H11F3O. The Kier molecular flexibility index (Phi) is 3.38. The molecule has 1 aromatic rings. The Morgan fingerprint density at radius 1 is 1.29 bits per heavy atom. The van der Waals surface area contributed by atoms with Crippen LogP contribution in [0.2, 0.25) is 0 Å². The van der Waals surface area contributed by atoms with Gasteiger partial charge >= 0.3 is 0 Å². The van der Waals surface area contributed by atoms with Crippen molar-refractivity contribution >= 4 is 0 Å². The Morgan fingerprint density at radius 3 is 2.50 bits per heavy atom. The highest BCUT2D eigenvalue weighted by atomic mass is 19.1. The average Bonchev–Trinajstić information content (AvgIpc) is 2.09. The quantitative estimate of drug-likeness (QED) is 0.735. The molecule has 0 radical (unpaired) electrons. The van der Waals surface area contributed by atoms with Crippen LogP contribution in [-0.4, -0.2) is 12.8 Å². The highest BCUT2D eigenvalue weighted by molar-refractivity contribution is 5.30. The molecule has 1 atom stereocenters. The highest BCUT2D eigenvalue weighted by Crippen LogP contribution is 2.21. The molecule has 0 heterocycles. The Labute approximate surface area is 80.5 Å². The molecule has 1 rings (SSSR count). The minimum atomic E-state index is -1.21. The van der Waals surface area contributed by atoms with Crippen molar-refractivity contribution in [2.75, 3.05) is 6.61 Å². The molecule has 0 spiro atoms. The molecule has 0 saturated heterocycles. The van der Waals surface area contributed by atoms with Gasteiger partial charge in [-0.1, -0.05) is 0 Å². The zero-order chi connectivity index (χ0) is 10.7. The summed E-state index contributed by atoms with van der Waals surface area (Å²) in [6.45, 7) is 2.45. The zero-order valence-electron chi connectivity index (χ0n) is 7.98. The maximum Gasteiger partial charge on any atom is 0.165 e. The number of halogens is 3. The Morgan fingerprint density at radius 2 is 1.93 bits per heavy atom. The molecule has 0 saturated carbocycles. The van der Waals surface area contributed by atoms with E-state index in [0.29, 0.717) is 0 Å². The Balaban J connectivity index is 2.82. The van der Waals surface area contributed by atoms with Crippen LogP contribution in [0.1, 0.15) is 12.5 Å². The van der Waals surface area contributed by atoms with Gasteiger partial charge in [0.15, 0.2) is 11.6 Å². The molecule has 0 aliphatic heterocycles. The summed E-state index contributed by atoms with van der Waals surface area (Å²) < 4.78 is 43.1. The van der Waals surface area contributed by atoms with E-state index in [1.165, 1.54) is 13.8 Å². The lowest BCUT2D eigenvalue weighted by Gasteiger charge is -2.08. The molecule has 78 valence electrons. The van der Waals surface area contributed by atoms with Gasteiger partial charge in [-0.3, -0.25) is 0 Å². The summed E-state index contributed by atoms with van der Waals surface area (Å²) in [7, 11) is 0. The number of benzene rings is 1. The van der Waals surface area contributed by atoms with E-state index in [1.54, 1.807) is 0 Å². The summed E-state index contributed by atoms with van der Waals surface area (Å²) in [5.41, 5.74) is 0.197. The summed E-state index contributed by atoms with van der Waals surface area (Å²) in [6.07, 6.45) is -1.21. The fourth-order valence-electron chi connectivity index (χ4n) is 0.943. The minimum Gasteiger partial charge on any atom is -0.487 e. The second-order valence-electron chi connectivity index (χ2n) is 3.12. The van der Waals surface area contributed by atoms with Crippen LogP contribution in [0.5, 0.6) is 5.75 Å². The first kappa shape index (κ1) is 10.9. The van der Waals surface area contributed by atoms with Crippen molar-refractivity contribution in [2.24, 2.45) is 0 Å². The molecule has 0 bridgehead atoms. The summed E-state index contributed by atoms with van der Waals surface area (Å²) in [4.78, 5) is 0. The fraction of sp³-hybridized carbons (Fsp3) is 0.400. The van der Waals surface area contributed by atoms with E-state index in [4.69, 9.17) is 4.74 Å². The van der Waals surface area contributed by atoms with E-state index in [2.05, 4.69) is 0 Å². The van der Waals surface area contributed by atoms with Gasteiger partial charge in [-0.25, -0.2) is 13.2 Å². The zero-order valence-corrected chi connectivity index (χ0v) is 7.98. The lowest BCUT2D eigenvalue weighted by atomic mass is 10.2. The first-order chi connectivity index (χ1) is 6.50. The van der Waals surface area contributed by atoms with Gasteiger partial charge in [0.25, 0.3) is 0 Å². The van der Waals surface area contributed by atoms with Gasteiger partial charge in [0.1, 0.15) is 18.6 Å². The third-order valence-corrected chi connectivity index (χ3v) is 1.68. The van der Waals surface area contributed by atoms with E-state index in [-0.39, 0.29) is 17.9 Å². The monoisotopic (exact) mass is 204 g/mol. The lowest BCUT2D eigenvalue weighted by molar-refractivity contribution is 0.202.